The molecule has 0 radical (unpaired) electrons. The summed E-state index contributed by atoms with van der Waals surface area (Å²) in [7, 11) is 0. The number of nitrogens with two attached hydrogens (primary N) is 1. The maximum absolute atomic E-state index is 13.5. The summed E-state index contributed by atoms with van der Waals surface area (Å²) < 4.78 is 39.4. The van der Waals surface area contributed by atoms with Gasteiger partial charge in [-0.25, -0.2) is 13.2 Å². The highest BCUT2D eigenvalue weighted by molar-refractivity contribution is 5.33. The molecule has 0 saturated heterocycles. The molecule has 2 atom stereocenters. The summed E-state index contributed by atoms with van der Waals surface area (Å²) in [5.74, 6) is -2.83. The predicted octanol–water partition coefficient (Wildman–Crippen LogP) is 2.80. The second-order valence-electron chi connectivity index (χ2n) is 4.93. The lowest BCUT2D eigenvalue weighted by atomic mass is 10.0. The van der Waals surface area contributed by atoms with Crippen LogP contribution >= 0.6 is 0 Å². The van der Waals surface area contributed by atoms with Crippen molar-refractivity contribution in [2.75, 3.05) is 6.54 Å². The van der Waals surface area contributed by atoms with Crippen molar-refractivity contribution < 1.29 is 13.2 Å². The molecule has 1 aromatic rings. The van der Waals surface area contributed by atoms with Gasteiger partial charge < -0.3 is 5.73 Å². The normalized spacial score (nSPS) is 26.9. The van der Waals surface area contributed by atoms with Crippen LogP contribution in [0.3, 0.4) is 0 Å². The van der Waals surface area contributed by atoms with E-state index in [4.69, 9.17) is 5.73 Å². The zero-order valence-electron chi connectivity index (χ0n) is 9.23. The minimum atomic E-state index is -1.15. The summed E-state index contributed by atoms with van der Waals surface area (Å²) in [5, 5.41) is 0. The van der Waals surface area contributed by atoms with Gasteiger partial charge in [0.25, 0.3) is 0 Å². The highest BCUT2D eigenvalue weighted by Gasteiger charge is 2.58. The van der Waals surface area contributed by atoms with Gasteiger partial charge in [-0.15, -0.1) is 0 Å². The Hall–Kier alpha value is -1.03. The molecule has 0 aromatic heterocycles. The van der Waals surface area contributed by atoms with Gasteiger partial charge in [0.15, 0.2) is 11.6 Å². The van der Waals surface area contributed by atoms with E-state index < -0.39 is 17.5 Å². The molecule has 1 saturated carbocycles. The van der Waals surface area contributed by atoms with Crippen molar-refractivity contribution in [2.24, 2.45) is 17.1 Å². The van der Waals surface area contributed by atoms with Crippen molar-refractivity contribution in [3.8, 4) is 0 Å². The average molecular weight is 229 g/mol. The Bertz CT molecular complexity index is 429. The maximum atomic E-state index is 13.5. The van der Waals surface area contributed by atoms with Crippen LogP contribution in [0.4, 0.5) is 13.2 Å². The van der Waals surface area contributed by atoms with Crippen LogP contribution in [0.25, 0.3) is 0 Å². The third-order valence-electron chi connectivity index (χ3n) is 3.68. The maximum Gasteiger partial charge on any atom is 0.161 e. The highest BCUT2D eigenvalue weighted by atomic mass is 19.2. The summed E-state index contributed by atoms with van der Waals surface area (Å²) in [4.78, 5) is 0. The van der Waals surface area contributed by atoms with E-state index >= 15 is 0 Å². The molecule has 0 bridgehead atoms. The fraction of sp³-hybridized carbons (Fsp3) is 0.500. The zero-order valence-corrected chi connectivity index (χ0v) is 9.23. The van der Waals surface area contributed by atoms with E-state index in [2.05, 4.69) is 0 Å². The van der Waals surface area contributed by atoms with Crippen molar-refractivity contribution in [1.82, 2.24) is 0 Å². The van der Waals surface area contributed by atoms with Crippen LogP contribution in [-0.4, -0.2) is 6.54 Å². The molecule has 1 aliphatic carbocycles. The molecular formula is C12H14F3N. The van der Waals surface area contributed by atoms with Crippen molar-refractivity contribution >= 4 is 0 Å². The zero-order chi connectivity index (χ0) is 12.1. The number of benzene rings is 1. The Labute approximate surface area is 92.5 Å². The molecule has 2 N–H and O–H groups in total. The smallest absolute Gasteiger partial charge is 0.161 e. The van der Waals surface area contributed by atoms with E-state index in [0.29, 0.717) is 12.6 Å². The number of hydrogen-bond donors (Lipinski definition) is 1. The molecular weight excluding hydrogens is 215 g/mol. The van der Waals surface area contributed by atoms with Gasteiger partial charge in [0.05, 0.1) is 0 Å². The molecule has 88 valence electrons. The van der Waals surface area contributed by atoms with Gasteiger partial charge in [-0.05, 0) is 35.4 Å². The minimum Gasteiger partial charge on any atom is -0.330 e. The van der Waals surface area contributed by atoms with E-state index in [1.807, 2.05) is 13.8 Å². The predicted molar refractivity (Wildman–Crippen MR) is 55.4 cm³/mol. The Balaban J connectivity index is 2.40. The molecule has 0 unspecified atom stereocenters. The Morgan fingerprint density at radius 1 is 1.12 bits per heavy atom. The van der Waals surface area contributed by atoms with E-state index in [1.54, 1.807) is 0 Å². The Morgan fingerprint density at radius 3 is 2.19 bits per heavy atom. The van der Waals surface area contributed by atoms with Gasteiger partial charge in [0, 0.05) is 6.07 Å². The first-order chi connectivity index (χ1) is 7.39. The number of hydrogen-bond acceptors (Lipinski definition) is 1. The topological polar surface area (TPSA) is 26.0 Å². The Morgan fingerprint density at radius 2 is 1.69 bits per heavy atom. The van der Waals surface area contributed by atoms with Crippen molar-refractivity contribution in [1.29, 1.82) is 0 Å². The van der Waals surface area contributed by atoms with Gasteiger partial charge in [0.1, 0.15) is 5.82 Å². The standard InChI is InChI=1S/C12H14F3N/c1-12(2)7(5-16)11(12)6-3-9(14)10(15)4-8(6)13/h3-4,7,11H,5,16H2,1-2H3/t7-,11-/m0/s1. The fourth-order valence-corrected chi connectivity index (χ4v) is 2.58. The SMILES string of the molecule is CC1(C)[C@@H](CN)[C@@H]1c1cc(F)c(F)cc1F. The average Bonchev–Trinajstić information content (AvgIpc) is 2.74. The lowest BCUT2D eigenvalue weighted by molar-refractivity contribution is 0.486. The molecule has 16 heavy (non-hydrogen) atoms. The molecule has 2 rings (SSSR count). The van der Waals surface area contributed by atoms with Crippen molar-refractivity contribution in [3.05, 3.63) is 35.1 Å². The lowest BCUT2D eigenvalue weighted by Crippen LogP contribution is -2.05. The fourth-order valence-electron chi connectivity index (χ4n) is 2.58. The summed E-state index contributed by atoms with van der Waals surface area (Å²) in [5.41, 5.74) is 5.66. The van der Waals surface area contributed by atoms with Crippen molar-refractivity contribution in [3.63, 3.8) is 0 Å². The molecule has 1 nitrogen and oxygen atoms in total. The molecule has 1 aliphatic rings. The summed E-state index contributed by atoms with van der Waals surface area (Å²) >= 11 is 0. The first-order valence-corrected chi connectivity index (χ1v) is 5.24. The van der Waals surface area contributed by atoms with E-state index in [0.717, 1.165) is 6.07 Å². The third-order valence-corrected chi connectivity index (χ3v) is 3.68. The summed E-state index contributed by atoms with van der Waals surface area (Å²) in [6.45, 7) is 4.34. The highest BCUT2D eigenvalue weighted by Crippen LogP contribution is 2.64. The molecule has 1 aromatic carbocycles. The van der Waals surface area contributed by atoms with Crippen LogP contribution in [0.1, 0.15) is 25.3 Å². The first kappa shape index (κ1) is 11.5. The van der Waals surface area contributed by atoms with Crippen LogP contribution in [0.15, 0.2) is 12.1 Å². The van der Waals surface area contributed by atoms with Crippen LogP contribution in [-0.2, 0) is 0 Å². The quantitative estimate of drug-likeness (QED) is 0.775. The van der Waals surface area contributed by atoms with Crippen LogP contribution in [0, 0.1) is 28.8 Å². The second-order valence-corrected chi connectivity index (χ2v) is 4.93. The number of rotatable bonds is 2. The molecule has 0 spiro atoms. The largest absolute Gasteiger partial charge is 0.330 e. The summed E-state index contributed by atoms with van der Waals surface area (Å²) in [6.07, 6.45) is 0. The monoisotopic (exact) mass is 229 g/mol. The Kier molecular flexibility index (Phi) is 2.49. The third kappa shape index (κ3) is 1.52. The van der Waals surface area contributed by atoms with Crippen LogP contribution in [0.5, 0.6) is 0 Å². The minimum absolute atomic E-state index is 0.118. The van der Waals surface area contributed by atoms with Crippen LogP contribution < -0.4 is 5.73 Å². The van der Waals surface area contributed by atoms with Gasteiger partial charge >= 0.3 is 0 Å². The van der Waals surface area contributed by atoms with E-state index in [9.17, 15) is 13.2 Å². The molecule has 4 heteroatoms. The molecule has 1 fully saturated rings. The van der Waals surface area contributed by atoms with Gasteiger partial charge in [-0.2, -0.15) is 0 Å². The van der Waals surface area contributed by atoms with Crippen LogP contribution in [0.2, 0.25) is 0 Å². The van der Waals surface area contributed by atoms with E-state index in [1.165, 1.54) is 0 Å². The number of halogens is 3. The molecule has 0 heterocycles. The van der Waals surface area contributed by atoms with Gasteiger partial charge in [0.2, 0.25) is 0 Å². The lowest BCUT2D eigenvalue weighted by Gasteiger charge is -2.05. The summed E-state index contributed by atoms with van der Waals surface area (Å²) in [6, 6.07) is 1.55. The van der Waals surface area contributed by atoms with Gasteiger partial charge in [-0.3, -0.25) is 0 Å². The van der Waals surface area contributed by atoms with Gasteiger partial charge in [-0.1, -0.05) is 13.8 Å². The first-order valence-electron chi connectivity index (χ1n) is 5.24. The second kappa shape index (κ2) is 3.48. The molecule has 0 amide bonds. The molecule has 0 aliphatic heterocycles. The van der Waals surface area contributed by atoms with Crippen molar-refractivity contribution in [2.45, 2.75) is 19.8 Å². The van der Waals surface area contributed by atoms with E-state index in [-0.39, 0.29) is 22.8 Å².